The number of aryl methyl sites for hydroxylation is 4. The van der Waals surface area contributed by atoms with Crippen LogP contribution in [0.3, 0.4) is 0 Å². The Morgan fingerprint density at radius 1 is 1.17 bits per heavy atom. The predicted molar refractivity (Wildman–Crippen MR) is 92.4 cm³/mol. The first-order valence-electron chi connectivity index (χ1n) is 8.03. The maximum absolute atomic E-state index is 5.25. The topological polar surface area (TPSA) is 60.0 Å². The Balaban J connectivity index is 1.83. The maximum atomic E-state index is 5.25. The summed E-state index contributed by atoms with van der Waals surface area (Å²) in [5.74, 6) is 2.53. The van der Waals surface area contributed by atoms with Crippen LogP contribution in [-0.4, -0.2) is 31.9 Å². The van der Waals surface area contributed by atoms with Gasteiger partial charge < -0.3 is 4.52 Å². The van der Waals surface area contributed by atoms with Crippen LogP contribution in [0.5, 0.6) is 0 Å². The molecule has 0 bridgehead atoms. The van der Waals surface area contributed by atoms with Gasteiger partial charge in [-0.05, 0) is 40.8 Å². The standard InChI is InChI=1S/C18H23N5O/c1-12-7-6-8-16(9-12)18-19-15(4)20-23(18)11-22(5)10-17-13(2)21-24-14(17)3/h6-9H,10-11H2,1-5H3. The summed E-state index contributed by atoms with van der Waals surface area (Å²) in [6, 6.07) is 8.34. The Labute approximate surface area is 142 Å². The van der Waals surface area contributed by atoms with E-state index in [0.717, 1.165) is 40.8 Å². The van der Waals surface area contributed by atoms with Crippen molar-refractivity contribution in [2.45, 2.75) is 40.9 Å². The van der Waals surface area contributed by atoms with Gasteiger partial charge in [-0.25, -0.2) is 9.67 Å². The molecule has 24 heavy (non-hydrogen) atoms. The molecular formula is C18H23N5O. The fourth-order valence-electron chi connectivity index (χ4n) is 2.83. The lowest BCUT2D eigenvalue weighted by atomic mass is 10.1. The van der Waals surface area contributed by atoms with Crippen LogP contribution >= 0.6 is 0 Å². The van der Waals surface area contributed by atoms with Crippen LogP contribution in [0.15, 0.2) is 28.8 Å². The molecule has 0 aliphatic rings. The molecule has 6 heteroatoms. The molecule has 126 valence electrons. The van der Waals surface area contributed by atoms with E-state index in [-0.39, 0.29) is 0 Å². The summed E-state index contributed by atoms with van der Waals surface area (Å²) in [7, 11) is 2.06. The number of rotatable bonds is 5. The number of aromatic nitrogens is 4. The highest BCUT2D eigenvalue weighted by molar-refractivity contribution is 5.56. The molecule has 0 aliphatic carbocycles. The Morgan fingerprint density at radius 3 is 2.62 bits per heavy atom. The van der Waals surface area contributed by atoms with Gasteiger partial charge in [-0.15, -0.1) is 0 Å². The van der Waals surface area contributed by atoms with Crippen molar-refractivity contribution in [3.8, 4) is 11.4 Å². The lowest BCUT2D eigenvalue weighted by Crippen LogP contribution is -2.23. The molecule has 6 nitrogen and oxygen atoms in total. The van der Waals surface area contributed by atoms with Crippen molar-refractivity contribution in [1.29, 1.82) is 0 Å². The first kappa shape index (κ1) is 16.4. The SMILES string of the molecule is Cc1cccc(-c2nc(C)nn2CN(C)Cc2c(C)noc2C)c1. The number of benzene rings is 1. The van der Waals surface area contributed by atoms with Gasteiger partial charge in [0, 0.05) is 17.7 Å². The van der Waals surface area contributed by atoms with Crippen LogP contribution < -0.4 is 0 Å². The summed E-state index contributed by atoms with van der Waals surface area (Å²) in [5.41, 5.74) is 4.37. The van der Waals surface area contributed by atoms with Gasteiger partial charge in [0.2, 0.25) is 0 Å². The highest BCUT2D eigenvalue weighted by atomic mass is 16.5. The molecule has 0 radical (unpaired) electrons. The molecule has 0 aliphatic heterocycles. The van der Waals surface area contributed by atoms with E-state index in [4.69, 9.17) is 4.52 Å². The lowest BCUT2D eigenvalue weighted by Gasteiger charge is -2.17. The Hall–Kier alpha value is -2.47. The van der Waals surface area contributed by atoms with Gasteiger partial charge in [0.25, 0.3) is 0 Å². The van der Waals surface area contributed by atoms with Gasteiger partial charge >= 0.3 is 0 Å². The smallest absolute Gasteiger partial charge is 0.159 e. The van der Waals surface area contributed by atoms with E-state index in [9.17, 15) is 0 Å². The van der Waals surface area contributed by atoms with Crippen molar-refractivity contribution >= 4 is 0 Å². The Morgan fingerprint density at radius 2 is 1.96 bits per heavy atom. The zero-order valence-electron chi connectivity index (χ0n) is 14.9. The predicted octanol–water partition coefficient (Wildman–Crippen LogP) is 3.26. The number of hydrogen-bond acceptors (Lipinski definition) is 5. The van der Waals surface area contributed by atoms with Crippen LogP contribution in [0, 0.1) is 27.7 Å². The average Bonchev–Trinajstić information content (AvgIpc) is 3.04. The summed E-state index contributed by atoms with van der Waals surface area (Å²) in [5, 5.41) is 8.57. The van der Waals surface area contributed by atoms with Crippen molar-refractivity contribution in [1.82, 2.24) is 24.8 Å². The van der Waals surface area contributed by atoms with Crippen molar-refractivity contribution in [3.05, 3.63) is 52.7 Å². The molecule has 0 saturated carbocycles. The molecule has 3 aromatic rings. The normalized spacial score (nSPS) is 11.4. The fraction of sp³-hybridized carbons (Fsp3) is 0.389. The number of hydrogen-bond donors (Lipinski definition) is 0. The summed E-state index contributed by atoms with van der Waals surface area (Å²) in [6.07, 6.45) is 0. The van der Waals surface area contributed by atoms with E-state index in [2.05, 4.69) is 52.3 Å². The van der Waals surface area contributed by atoms with Gasteiger partial charge in [0.1, 0.15) is 11.6 Å². The van der Waals surface area contributed by atoms with Crippen LogP contribution in [0.1, 0.15) is 28.4 Å². The quantitative estimate of drug-likeness (QED) is 0.720. The van der Waals surface area contributed by atoms with Crippen molar-refractivity contribution in [2.24, 2.45) is 0 Å². The average molecular weight is 325 g/mol. The van der Waals surface area contributed by atoms with E-state index >= 15 is 0 Å². The molecule has 3 rings (SSSR count). The molecule has 0 spiro atoms. The molecule has 0 atom stereocenters. The second-order valence-electron chi connectivity index (χ2n) is 6.31. The minimum Gasteiger partial charge on any atom is -0.361 e. The minimum atomic E-state index is 0.647. The summed E-state index contributed by atoms with van der Waals surface area (Å²) in [6.45, 7) is 9.32. The summed E-state index contributed by atoms with van der Waals surface area (Å²) in [4.78, 5) is 6.78. The molecule has 2 heterocycles. The van der Waals surface area contributed by atoms with E-state index < -0.39 is 0 Å². The van der Waals surface area contributed by atoms with Crippen molar-refractivity contribution in [3.63, 3.8) is 0 Å². The highest BCUT2D eigenvalue weighted by Gasteiger charge is 2.15. The van der Waals surface area contributed by atoms with Gasteiger partial charge in [-0.1, -0.05) is 28.9 Å². The van der Waals surface area contributed by atoms with Gasteiger partial charge in [0.15, 0.2) is 5.82 Å². The molecule has 0 N–H and O–H groups in total. The lowest BCUT2D eigenvalue weighted by molar-refractivity contribution is 0.245. The summed E-state index contributed by atoms with van der Waals surface area (Å²) >= 11 is 0. The molecule has 0 fully saturated rings. The van der Waals surface area contributed by atoms with E-state index in [1.807, 2.05) is 31.5 Å². The van der Waals surface area contributed by atoms with Gasteiger partial charge in [-0.3, -0.25) is 4.90 Å². The van der Waals surface area contributed by atoms with Crippen LogP contribution in [-0.2, 0) is 13.2 Å². The van der Waals surface area contributed by atoms with E-state index in [1.165, 1.54) is 5.56 Å². The molecule has 2 aromatic heterocycles. The van der Waals surface area contributed by atoms with Crippen molar-refractivity contribution < 1.29 is 4.52 Å². The van der Waals surface area contributed by atoms with Crippen LogP contribution in [0.25, 0.3) is 11.4 Å². The van der Waals surface area contributed by atoms with E-state index in [0.29, 0.717) is 6.67 Å². The zero-order valence-corrected chi connectivity index (χ0v) is 14.9. The van der Waals surface area contributed by atoms with E-state index in [1.54, 1.807) is 0 Å². The third-order valence-corrected chi connectivity index (χ3v) is 4.04. The third-order valence-electron chi connectivity index (χ3n) is 4.04. The molecule has 1 aromatic carbocycles. The van der Waals surface area contributed by atoms with Crippen molar-refractivity contribution in [2.75, 3.05) is 7.05 Å². The monoisotopic (exact) mass is 325 g/mol. The number of nitrogens with zero attached hydrogens (tertiary/aromatic N) is 5. The van der Waals surface area contributed by atoms with Crippen LogP contribution in [0.2, 0.25) is 0 Å². The van der Waals surface area contributed by atoms with Gasteiger partial charge in [-0.2, -0.15) is 5.10 Å². The Bertz CT molecular complexity index is 829. The second kappa shape index (κ2) is 6.57. The van der Waals surface area contributed by atoms with Crippen LogP contribution in [0.4, 0.5) is 0 Å². The largest absolute Gasteiger partial charge is 0.361 e. The fourth-order valence-corrected chi connectivity index (χ4v) is 2.83. The highest BCUT2D eigenvalue weighted by Crippen LogP contribution is 2.20. The molecule has 0 amide bonds. The zero-order chi connectivity index (χ0) is 17.3. The second-order valence-corrected chi connectivity index (χ2v) is 6.31. The first-order chi connectivity index (χ1) is 11.4. The Kier molecular flexibility index (Phi) is 4.49. The molecule has 0 unspecified atom stereocenters. The third kappa shape index (κ3) is 3.38. The summed E-state index contributed by atoms with van der Waals surface area (Å²) < 4.78 is 7.19. The van der Waals surface area contributed by atoms with Gasteiger partial charge in [0.05, 0.1) is 12.4 Å². The molecular weight excluding hydrogens is 302 g/mol. The maximum Gasteiger partial charge on any atom is 0.159 e. The molecule has 0 saturated heterocycles. The first-order valence-corrected chi connectivity index (χ1v) is 8.03. The minimum absolute atomic E-state index is 0.647.